The van der Waals surface area contributed by atoms with Crippen LogP contribution in [0.3, 0.4) is 0 Å². The number of pyridine rings is 1. The van der Waals surface area contributed by atoms with Crippen LogP contribution in [0.5, 0.6) is 0 Å². The monoisotopic (exact) mass is 231 g/mol. The van der Waals surface area contributed by atoms with Gasteiger partial charge in [-0.3, -0.25) is 4.98 Å². The third-order valence-corrected chi connectivity index (χ3v) is 3.16. The lowest BCUT2D eigenvalue weighted by molar-refractivity contribution is 0.391. The van der Waals surface area contributed by atoms with Crippen LogP contribution in [0, 0.1) is 0 Å². The van der Waals surface area contributed by atoms with Gasteiger partial charge in [0.05, 0.1) is 11.3 Å². The Balaban J connectivity index is 2.59. The molecule has 0 amide bonds. The van der Waals surface area contributed by atoms with Crippen molar-refractivity contribution in [3.63, 3.8) is 0 Å². The molecule has 0 aliphatic heterocycles. The standard InChI is InChI=1S/C13H17N3O/c1-4-13(2,3)11-10(12(14)17-16-11)9-7-5-6-8-15-9/h5-8H,4,14H2,1-3H3. The second-order valence-corrected chi connectivity index (χ2v) is 4.72. The molecule has 17 heavy (non-hydrogen) atoms. The van der Waals surface area contributed by atoms with E-state index in [0.29, 0.717) is 5.88 Å². The summed E-state index contributed by atoms with van der Waals surface area (Å²) in [6.07, 6.45) is 2.70. The summed E-state index contributed by atoms with van der Waals surface area (Å²) in [6, 6.07) is 5.72. The Morgan fingerprint density at radius 1 is 1.35 bits per heavy atom. The largest absolute Gasteiger partial charge is 0.367 e. The molecular formula is C13H17N3O. The summed E-state index contributed by atoms with van der Waals surface area (Å²) in [5.41, 5.74) is 8.28. The first-order valence-electron chi connectivity index (χ1n) is 5.73. The fourth-order valence-corrected chi connectivity index (χ4v) is 1.69. The van der Waals surface area contributed by atoms with Gasteiger partial charge in [-0.2, -0.15) is 0 Å². The van der Waals surface area contributed by atoms with Crippen LogP contribution in [-0.2, 0) is 5.41 Å². The van der Waals surface area contributed by atoms with Crippen LogP contribution in [0.1, 0.15) is 32.9 Å². The topological polar surface area (TPSA) is 64.9 Å². The van der Waals surface area contributed by atoms with Crippen molar-refractivity contribution in [1.29, 1.82) is 0 Å². The minimum atomic E-state index is -0.0754. The summed E-state index contributed by atoms with van der Waals surface area (Å²) in [4.78, 5) is 4.31. The molecule has 90 valence electrons. The number of hydrogen-bond acceptors (Lipinski definition) is 4. The number of aromatic nitrogens is 2. The van der Waals surface area contributed by atoms with E-state index in [1.807, 2.05) is 18.2 Å². The van der Waals surface area contributed by atoms with Gasteiger partial charge in [0.25, 0.3) is 0 Å². The van der Waals surface area contributed by atoms with Gasteiger partial charge >= 0.3 is 0 Å². The highest BCUT2D eigenvalue weighted by molar-refractivity contribution is 5.73. The molecule has 0 saturated heterocycles. The Bertz CT molecular complexity index is 503. The highest BCUT2D eigenvalue weighted by Crippen LogP contribution is 2.37. The first-order valence-corrected chi connectivity index (χ1v) is 5.73. The SMILES string of the molecule is CCC(C)(C)c1noc(N)c1-c1ccccn1. The van der Waals surface area contributed by atoms with Crippen molar-refractivity contribution in [2.45, 2.75) is 32.6 Å². The fourth-order valence-electron chi connectivity index (χ4n) is 1.69. The van der Waals surface area contributed by atoms with Gasteiger partial charge in [-0.1, -0.05) is 32.0 Å². The molecule has 2 N–H and O–H groups in total. The molecule has 0 aliphatic carbocycles. The van der Waals surface area contributed by atoms with Gasteiger partial charge in [-0.05, 0) is 18.6 Å². The van der Waals surface area contributed by atoms with Crippen LogP contribution in [0.4, 0.5) is 5.88 Å². The number of rotatable bonds is 3. The molecule has 0 aromatic carbocycles. The van der Waals surface area contributed by atoms with Crippen LogP contribution in [-0.4, -0.2) is 10.1 Å². The molecule has 2 aromatic heterocycles. The van der Waals surface area contributed by atoms with Crippen molar-refractivity contribution in [3.05, 3.63) is 30.1 Å². The van der Waals surface area contributed by atoms with Crippen LogP contribution in [0.15, 0.2) is 28.9 Å². The Hall–Kier alpha value is -1.84. The molecule has 2 rings (SSSR count). The van der Waals surface area contributed by atoms with Crippen LogP contribution < -0.4 is 5.73 Å². The number of hydrogen-bond donors (Lipinski definition) is 1. The number of nitrogens with two attached hydrogens (primary N) is 1. The van der Waals surface area contributed by atoms with E-state index in [4.69, 9.17) is 10.3 Å². The van der Waals surface area contributed by atoms with Crippen LogP contribution in [0.25, 0.3) is 11.3 Å². The van der Waals surface area contributed by atoms with Gasteiger partial charge in [0.1, 0.15) is 5.69 Å². The quantitative estimate of drug-likeness (QED) is 0.881. The second-order valence-electron chi connectivity index (χ2n) is 4.72. The molecule has 0 radical (unpaired) electrons. The smallest absolute Gasteiger partial charge is 0.231 e. The van der Waals surface area contributed by atoms with E-state index in [0.717, 1.165) is 23.4 Å². The predicted molar refractivity (Wildman–Crippen MR) is 67.5 cm³/mol. The number of anilines is 1. The summed E-state index contributed by atoms with van der Waals surface area (Å²) in [5, 5.41) is 4.09. The zero-order valence-corrected chi connectivity index (χ0v) is 10.4. The Kier molecular flexibility index (Phi) is 2.88. The Labute approximate surface area is 101 Å². The van der Waals surface area contributed by atoms with Crippen molar-refractivity contribution in [3.8, 4) is 11.3 Å². The average Bonchev–Trinajstić information content (AvgIpc) is 2.73. The van der Waals surface area contributed by atoms with Crippen LogP contribution >= 0.6 is 0 Å². The molecule has 0 fully saturated rings. The molecule has 0 saturated carbocycles. The lowest BCUT2D eigenvalue weighted by atomic mass is 9.83. The first-order chi connectivity index (χ1) is 8.06. The minimum absolute atomic E-state index is 0.0754. The van der Waals surface area contributed by atoms with Gasteiger partial charge in [0, 0.05) is 11.6 Å². The van der Waals surface area contributed by atoms with Gasteiger partial charge in [-0.25, -0.2) is 0 Å². The first kappa shape index (κ1) is 11.6. The molecule has 4 heteroatoms. The second kappa shape index (κ2) is 4.20. The van der Waals surface area contributed by atoms with Gasteiger partial charge in [-0.15, -0.1) is 0 Å². The molecule has 2 heterocycles. The normalized spacial score (nSPS) is 11.7. The van der Waals surface area contributed by atoms with E-state index in [2.05, 4.69) is 30.9 Å². The van der Waals surface area contributed by atoms with Gasteiger partial charge in [0.2, 0.25) is 5.88 Å². The van der Waals surface area contributed by atoms with Crippen LogP contribution in [0.2, 0.25) is 0 Å². The molecule has 0 aliphatic rings. The molecule has 0 unspecified atom stereocenters. The molecule has 0 spiro atoms. The Morgan fingerprint density at radius 3 is 2.71 bits per heavy atom. The van der Waals surface area contributed by atoms with Crippen molar-refractivity contribution in [1.82, 2.24) is 10.1 Å². The lowest BCUT2D eigenvalue weighted by Crippen LogP contribution is -2.17. The third-order valence-electron chi connectivity index (χ3n) is 3.16. The van der Waals surface area contributed by atoms with E-state index in [1.54, 1.807) is 6.20 Å². The van der Waals surface area contributed by atoms with E-state index >= 15 is 0 Å². The zero-order chi connectivity index (χ0) is 12.5. The van der Waals surface area contributed by atoms with E-state index in [-0.39, 0.29) is 5.41 Å². The maximum absolute atomic E-state index is 5.86. The summed E-state index contributed by atoms with van der Waals surface area (Å²) in [6.45, 7) is 6.36. The van der Waals surface area contributed by atoms with Crippen molar-refractivity contribution < 1.29 is 4.52 Å². The molecule has 0 bridgehead atoms. The number of nitrogens with zero attached hydrogens (tertiary/aromatic N) is 2. The zero-order valence-electron chi connectivity index (χ0n) is 10.4. The highest BCUT2D eigenvalue weighted by Gasteiger charge is 2.29. The van der Waals surface area contributed by atoms with Gasteiger partial charge < -0.3 is 10.3 Å². The third kappa shape index (κ3) is 2.02. The van der Waals surface area contributed by atoms with E-state index < -0.39 is 0 Å². The number of nitrogen functional groups attached to an aromatic ring is 1. The average molecular weight is 231 g/mol. The summed E-state index contributed by atoms with van der Waals surface area (Å²) >= 11 is 0. The van der Waals surface area contributed by atoms with E-state index in [1.165, 1.54) is 0 Å². The van der Waals surface area contributed by atoms with Crippen molar-refractivity contribution in [2.24, 2.45) is 0 Å². The maximum atomic E-state index is 5.86. The van der Waals surface area contributed by atoms with E-state index in [9.17, 15) is 0 Å². The highest BCUT2D eigenvalue weighted by atomic mass is 16.5. The van der Waals surface area contributed by atoms with Crippen molar-refractivity contribution in [2.75, 3.05) is 5.73 Å². The summed E-state index contributed by atoms with van der Waals surface area (Å²) < 4.78 is 5.13. The predicted octanol–water partition coefficient (Wildman–Crippen LogP) is 3.01. The molecule has 4 nitrogen and oxygen atoms in total. The molecule has 0 atom stereocenters. The van der Waals surface area contributed by atoms with Crippen molar-refractivity contribution >= 4 is 5.88 Å². The lowest BCUT2D eigenvalue weighted by Gasteiger charge is -2.20. The Morgan fingerprint density at radius 2 is 2.12 bits per heavy atom. The minimum Gasteiger partial charge on any atom is -0.367 e. The molecule has 2 aromatic rings. The molecular weight excluding hydrogens is 214 g/mol. The van der Waals surface area contributed by atoms with Gasteiger partial charge in [0.15, 0.2) is 0 Å². The maximum Gasteiger partial charge on any atom is 0.231 e. The summed E-state index contributed by atoms with van der Waals surface area (Å²) in [7, 11) is 0. The summed E-state index contributed by atoms with van der Waals surface area (Å²) in [5.74, 6) is 0.334. The fraction of sp³-hybridized carbons (Fsp3) is 0.385.